The molecule has 13 heteroatoms. The van der Waals surface area contributed by atoms with Crippen LogP contribution in [0.15, 0.2) is 59.5 Å². The van der Waals surface area contributed by atoms with Crippen LogP contribution < -0.4 is 16.4 Å². The summed E-state index contributed by atoms with van der Waals surface area (Å²) in [6.07, 6.45) is -1.86. The van der Waals surface area contributed by atoms with E-state index in [1.54, 1.807) is 0 Å². The van der Waals surface area contributed by atoms with Crippen LogP contribution in [0.4, 0.5) is 10.5 Å². The first-order valence-corrected chi connectivity index (χ1v) is 15.5. The molecule has 0 bridgehead atoms. The van der Waals surface area contributed by atoms with Crippen molar-refractivity contribution in [2.24, 2.45) is 17.6 Å². The molecule has 2 aliphatic rings. The minimum Gasteiger partial charge on any atom is -0.443 e. The van der Waals surface area contributed by atoms with Crippen molar-refractivity contribution in [1.29, 1.82) is 0 Å². The van der Waals surface area contributed by atoms with Gasteiger partial charge in [-0.15, -0.1) is 0 Å². The number of sulfonamides is 1. The number of rotatable bonds is 13. The largest absolute Gasteiger partial charge is 0.443 e. The second-order valence-electron chi connectivity index (χ2n) is 11.0. The Hall–Kier alpha value is -3.07. The van der Waals surface area contributed by atoms with Gasteiger partial charge < -0.3 is 35.7 Å². The van der Waals surface area contributed by atoms with Gasteiger partial charge in [-0.3, -0.25) is 4.79 Å². The van der Waals surface area contributed by atoms with Gasteiger partial charge in [0.25, 0.3) is 0 Å². The van der Waals surface area contributed by atoms with Crippen molar-refractivity contribution in [3.63, 3.8) is 0 Å². The molecule has 5 atom stereocenters. The number of fused-ring (bicyclic) bond motifs is 1. The van der Waals surface area contributed by atoms with Gasteiger partial charge in [-0.25, -0.2) is 13.2 Å². The monoisotopic (exact) mass is 604 g/mol. The van der Waals surface area contributed by atoms with Crippen LogP contribution in [0, 0.1) is 11.8 Å². The number of hydrogen-bond donors (Lipinski definition) is 4. The van der Waals surface area contributed by atoms with Crippen LogP contribution in [0.5, 0.6) is 0 Å². The lowest BCUT2D eigenvalue weighted by Gasteiger charge is -2.31. The predicted octanol–water partition coefficient (Wildman–Crippen LogP) is 1.69. The number of amides is 2. The topological polar surface area (TPSA) is 170 Å². The Morgan fingerprint density at radius 2 is 1.81 bits per heavy atom. The number of aliphatic hydroxyl groups is 1. The van der Waals surface area contributed by atoms with Gasteiger partial charge in [-0.05, 0) is 48.6 Å². The Bertz CT molecular complexity index is 1290. The molecule has 12 nitrogen and oxygen atoms in total. The van der Waals surface area contributed by atoms with Crippen molar-refractivity contribution < 1.29 is 37.3 Å². The van der Waals surface area contributed by atoms with E-state index in [0.29, 0.717) is 12.3 Å². The highest BCUT2D eigenvalue weighted by molar-refractivity contribution is 7.89. The second-order valence-corrected chi connectivity index (χ2v) is 12.9. The van der Waals surface area contributed by atoms with Crippen LogP contribution in [-0.2, 0) is 35.4 Å². The number of aliphatic hydroxyl groups excluding tert-OH is 1. The van der Waals surface area contributed by atoms with E-state index in [9.17, 15) is 23.1 Å². The maximum absolute atomic E-state index is 13.7. The lowest BCUT2D eigenvalue weighted by molar-refractivity contribution is -0.114. The fourth-order valence-electron chi connectivity index (χ4n) is 5.11. The molecular weight excluding hydrogens is 564 g/mol. The van der Waals surface area contributed by atoms with Crippen molar-refractivity contribution >= 4 is 27.7 Å². The minimum absolute atomic E-state index is 0.00245. The maximum atomic E-state index is 13.7. The normalized spacial score (nSPS) is 21.6. The Kier molecular flexibility index (Phi) is 10.9. The zero-order chi connectivity index (χ0) is 30.3. The molecule has 42 heavy (non-hydrogen) atoms. The average Bonchev–Trinajstić information content (AvgIpc) is 3.58. The van der Waals surface area contributed by atoms with Crippen LogP contribution in [0.3, 0.4) is 0 Å². The zero-order valence-electron chi connectivity index (χ0n) is 23.8. The van der Waals surface area contributed by atoms with Crippen molar-refractivity contribution in [3.8, 4) is 0 Å². The van der Waals surface area contributed by atoms with Gasteiger partial charge in [-0.1, -0.05) is 44.2 Å². The molecule has 0 aromatic heterocycles. The van der Waals surface area contributed by atoms with E-state index in [4.69, 9.17) is 19.9 Å². The fraction of sp³-hybridized carbons (Fsp3) is 0.517. The lowest BCUT2D eigenvalue weighted by Crippen LogP contribution is -2.51. The molecule has 2 aliphatic heterocycles. The van der Waals surface area contributed by atoms with Crippen molar-refractivity contribution in [1.82, 2.24) is 9.62 Å². The van der Waals surface area contributed by atoms with Crippen LogP contribution in [0.25, 0.3) is 0 Å². The molecule has 4 rings (SSSR count). The van der Waals surface area contributed by atoms with Crippen LogP contribution in [0.1, 0.15) is 25.8 Å². The molecule has 2 fully saturated rings. The van der Waals surface area contributed by atoms with E-state index in [-0.39, 0.29) is 55.7 Å². The van der Waals surface area contributed by atoms with E-state index in [1.807, 2.05) is 44.2 Å². The third-order valence-corrected chi connectivity index (χ3v) is 9.08. The third kappa shape index (κ3) is 8.27. The lowest BCUT2D eigenvalue weighted by atomic mass is 10.0. The fourth-order valence-corrected chi connectivity index (χ4v) is 6.73. The van der Waals surface area contributed by atoms with E-state index in [2.05, 4.69) is 10.6 Å². The second kappa shape index (κ2) is 14.4. The number of carbonyl (C=O) groups excluding carboxylic acids is 2. The number of ether oxygens (including phenoxy) is 3. The van der Waals surface area contributed by atoms with Gasteiger partial charge in [0.05, 0.1) is 42.7 Å². The highest BCUT2D eigenvalue weighted by Crippen LogP contribution is 2.33. The van der Waals surface area contributed by atoms with E-state index in [0.717, 1.165) is 12.0 Å². The molecule has 0 spiro atoms. The number of nitrogens with zero attached hydrogens (tertiary/aromatic N) is 1. The van der Waals surface area contributed by atoms with Gasteiger partial charge in [0.15, 0.2) is 6.29 Å². The van der Waals surface area contributed by atoms with E-state index < -0.39 is 40.3 Å². The first-order valence-electron chi connectivity index (χ1n) is 14.1. The summed E-state index contributed by atoms with van der Waals surface area (Å²) in [4.78, 5) is 24.6. The Morgan fingerprint density at radius 3 is 2.48 bits per heavy atom. The Balaban J connectivity index is 1.50. The first kappa shape index (κ1) is 31.9. The number of hydrogen-bond acceptors (Lipinski definition) is 9. The van der Waals surface area contributed by atoms with Gasteiger partial charge in [-0.2, -0.15) is 4.31 Å². The van der Waals surface area contributed by atoms with E-state index >= 15 is 0 Å². The number of alkyl carbamates (subject to hydrolysis) is 1. The van der Waals surface area contributed by atoms with Gasteiger partial charge in [0, 0.05) is 18.8 Å². The molecule has 0 saturated carbocycles. The SMILES string of the molecule is CC(C)CN(C[C@@H](O)[C@H](Cc1ccccc1)NC(=O)O[C@H]1CO[C@H]2OCC[C@H]21)S(=O)(=O)c1ccc(NC(=O)CN)cc1. The standard InChI is InChI=1S/C29H40N4O8S/c1-19(2)16-33(42(37,38)22-10-8-21(9-11-22)31-27(35)15-30)17-25(34)24(14-20-6-4-3-5-7-20)32-29(36)41-26-18-40-28-23(26)12-13-39-28/h3-11,19,23-26,28,34H,12-18,30H2,1-2H3,(H,31,35)(H,32,36)/t23-,24-,25+,26-,28+/m0/s1. The third-order valence-electron chi connectivity index (χ3n) is 7.23. The maximum Gasteiger partial charge on any atom is 0.407 e. The number of anilines is 1. The molecule has 230 valence electrons. The van der Waals surface area contributed by atoms with Crippen LogP contribution in [-0.4, -0.2) is 87.2 Å². The highest BCUT2D eigenvalue weighted by atomic mass is 32.2. The van der Waals surface area contributed by atoms with Crippen LogP contribution in [0.2, 0.25) is 0 Å². The summed E-state index contributed by atoms with van der Waals surface area (Å²) < 4.78 is 45.3. The van der Waals surface area contributed by atoms with Crippen molar-refractivity contribution in [3.05, 3.63) is 60.2 Å². The molecule has 2 aromatic carbocycles. The molecular formula is C29H40N4O8S. The van der Waals surface area contributed by atoms with Crippen molar-refractivity contribution in [2.45, 2.75) is 56.1 Å². The molecule has 0 unspecified atom stereocenters. The molecule has 0 radical (unpaired) electrons. The van der Waals surface area contributed by atoms with Crippen LogP contribution >= 0.6 is 0 Å². The summed E-state index contributed by atoms with van der Waals surface area (Å²) in [7, 11) is -4.04. The molecule has 2 amide bonds. The molecule has 5 N–H and O–H groups in total. The number of nitrogens with one attached hydrogen (secondary N) is 2. The summed E-state index contributed by atoms with van der Waals surface area (Å²) >= 11 is 0. The number of carbonyl (C=O) groups is 2. The summed E-state index contributed by atoms with van der Waals surface area (Å²) in [6, 6.07) is 14.2. The van der Waals surface area contributed by atoms with E-state index in [1.165, 1.54) is 28.6 Å². The number of nitrogens with two attached hydrogens (primary N) is 1. The zero-order valence-corrected chi connectivity index (χ0v) is 24.7. The summed E-state index contributed by atoms with van der Waals surface area (Å²) in [5.41, 5.74) is 6.59. The smallest absolute Gasteiger partial charge is 0.407 e. The predicted molar refractivity (Wildman–Crippen MR) is 155 cm³/mol. The number of benzene rings is 2. The highest BCUT2D eigenvalue weighted by Gasteiger charge is 2.44. The molecule has 2 saturated heterocycles. The minimum atomic E-state index is -4.04. The van der Waals surface area contributed by atoms with Crippen molar-refractivity contribution in [2.75, 3.05) is 38.2 Å². The molecule has 0 aliphatic carbocycles. The summed E-state index contributed by atoms with van der Waals surface area (Å²) in [6.45, 7) is 4.18. The molecule has 2 aromatic rings. The Labute approximate surface area is 246 Å². The Morgan fingerprint density at radius 1 is 1.10 bits per heavy atom. The quantitative estimate of drug-likeness (QED) is 0.266. The molecule has 2 heterocycles. The summed E-state index contributed by atoms with van der Waals surface area (Å²) in [5.74, 6) is -0.498. The van der Waals surface area contributed by atoms with Gasteiger partial charge in [0.1, 0.15) is 6.10 Å². The average molecular weight is 605 g/mol. The summed E-state index contributed by atoms with van der Waals surface area (Å²) in [5, 5.41) is 16.8. The van der Waals surface area contributed by atoms with Gasteiger partial charge in [0.2, 0.25) is 15.9 Å². The van der Waals surface area contributed by atoms with Gasteiger partial charge >= 0.3 is 6.09 Å². The first-order chi connectivity index (χ1) is 20.1.